The van der Waals surface area contributed by atoms with Gasteiger partial charge in [0, 0.05) is 12.2 Å². The first-order chi connectivity index (χ1) is 11.7. The zero-order valence-corrected chi connectivity index (χ0v) is 14.0. The fourth-order valence-electron chi connectivity index (χ4n) is 2.05. The van der Waals surface area contributed by atoms with E-state index in [4.69, 9.17) is 9.47 Å². The quantitative estimate of drug-likeness (QED) is 0.202. The lowest BCUT2D eigenvalue weighted by Crippen LogP contribution is -2.08. The average Bonchev–Trinajstić information content (AvgIpc) is 2.59. The molecule has 1 rings (SSSR count). The minimum atomic E-state index is -0.735. The molecular weight excluding hydrogens is 308 g/mol. The average molecular weight is 332 g/mol. The number of rotatable bonds is 11. The van der Waals surface area contributed by atoms with Crippen molar-refractivity contribution in [1.29, 1.82) is 0 Å². The van der Waals surface area contributed by atoms with Crippen molar-refractivity contribution in [3.8, 4) is 5.75 Å². The first kappa shape index (κ1) is 19.6. The Balaban J connectivity index is 2.26. The van der Waals surface area contributed by atoms with E-state index in [0.29, 0.717) is 12.9 Å². The summed E-state index contributed by atoms with van der Waals surface area (Å²) in [5, 5.41) is 0. The molecular formula is C19H24O5. The van der Waals surface area contributed by atoms with Crippen LogP contribution < -0.4 is 4.74 Å². The van der Waals surface area contributed by atoms with Crippen LogP contribution in [0.5, 0.6) is 5.75 Å². The molecule has 0 heterocycles. The first-order valence-corrected chi connectivity index (χ1v) is 8.28. The molecule has 0 N–H and O–H groups in total. The SMILES string of the molecule is CCCCCCCCOC(=O)/C=C/C(=O)Oc1ccccc1C=O. The van der Waals surface area contributed by atoms with Gasteiger partial charge in [-0.2, -0.15) is 0 Å². The highest BCUT2D eigenvalue weighted by Gasteiger charge is 2.06. The highest BCUT2D eigenvalue weighted by Crippen LogP contribution is 2.15. The lowest BCUT2D eigenvalue weighted by atomic mass is 10.1. The molecule has 0 amide bonds. The van der Waals surface area contributed by atoms with E-state index in [2.05, 4.69) is 6.92 Å². The predicted octanol–water partition coefficient (Wildman–Crippen LogP) is 3.86. The molecule has 0 saturated carbocycles. The molecule has 0 bridgehead atoms. The van der Waals surface area contributed by atoms with Crippen LogP contribution in [0.4, 0.5) is 0 Å². The minimum absolute atomic E-state index is 0.155. The monoisotopic (exact) mass is 332 g/mol. The van der Waals surface area contributed by atoms with E-state index in [-0.39, 0.29) is 11.3 Å². The summed E-state index contributed by atoms with van der Waals surface area (Å²) in [5.41, 5.74) is 0.268. The summed E-state index contributed by atoms with van der Waals surface area (Å²) in [6.07, 6.45) is 9.25. The fourth-order valence-corrected chi connectivity index (χ4v) is 2.05. The number of benzene rings is 1. The Labute approximate surface area is 142 Å². The first-order valence-electron chi connectivity index (χ1n) is 8.28. The number of hydrogen-bond donors (Lipinski definition) is 0. The second-order valence-electron chi connectivity index (χ2n) is 5.35. The van der Waals surface area contributed by atoms with E-state index in [1.165, 1.54) is 31.4 Å². The summed E-state index contributed by atoms with van der Waals surface area (Å²) in [4.78, 5) is 33.9. The van der Waals surface area contributed by atoms with Crippen molar-refractivity contribution in [3.63, 3.8) is 0 Å². The number of ether oxygens (including phenoxy) is 2. The second-order valence-corrected chi connectivity index (χ2v) is 5.35. The number of carbonyl (C=O) groups excluding carboxylic acids is 3. The largest absolute Gasteiger partial charge is 0.463 e. The van der Waals surface area contributed by atoms with Crippen LogP contribution in [0.25, 0.3) is 0 Å². The maximum atomic E-state index is 11.6. The van der Waals surface area contributed by atoms with Crippen molar-refractivity contribution >= 4 is 18.2 Å². The molecule has 0 spiro atoms. The molecule has 5 heteroatoms. The Bertz CT molecular complexity index is 563. The molecule has 1 aromatic carbocycles. The molecule has 0 aliphatic rings. The summed E-state index contributed by atoms with van der Waals surface area (Å²) in [7, 11) is 0. The third-order valence-corrected chi connectivity index (χ3v) is 3.35. The zero-order chi connectivity index (χ0) is 17.6. The molecule has 0 atom stereocenters. The van der Waals surface area contributed by atoms with E-state index in [0.717, 1.165) is 31.4 Å². The maximum absolute atomic E-state index is 11.6. The van der Waals surface area contributed by atoms with Crippen molar-refractivity contribution in [2.45, 2.75) is 45.4 Å². The summed E-state index contributed by atoms with van der Waals surface area (Å²) in [6.45, 7) is 2.51. The van der Waals surface area contributed by atoms with Crippen LogP contribution in [0.3, 0.4) is 0 Å². The third-order valence-electron chi connectivity index (χ3n) is 3.35. The van der Waals surface area contributed by atoms with Crippen molar-refractivity contribution in [3.05, 3.63) is 42.0 Å². The molecule has 1 aromatic rings. The summed E-state index contributed by atoms with van der Waals surface area (Å²) >= 11 is 0. The van der Waals surface area contributed by atoms with Crippen molar-refractivity contribution in [1.82, 2.24) is 0 Å². The van der Waals surface area contributed by atoms with E-state index < -0.39 is 11.9 Å². The maximum Gasteiger partial charge on any atom is 0.336 e. The van der Waals surface area contributed by atoms with E-state index in [1.54, 1.807) is 12.1 Å². The van der Waals surface area contributed by atoms with Gasteiger partial charge in [-0.1, -0.05) is 51.2 Å². The summed E-state index contributed by atoms with van der Waals surface area (Å²) in [6, 6.07) is 6.35. The van der Waals surface area contributed by atoms with Crippen LogP contribution >= 0.6 is 0 Å². The minimum Gasteiger partial charge on any atom is -0.463 e. The molecule has 0 unspecified atom stereocenters. The Morgan fingerprint density at radius 2 is 1.62 bits per heavy atom. The second kappa shape index (κ2) is 12.0. The Hall–Kier alpha value is -2.43. The molecule has 130 valence electrons. The molecule has 0 aromatic heterocycles. The van der Waals surface area contributed by atoms with Gasteiger partial charge in [-0.25, -0.2) is 9.59 Å². The van der Waals surface area contributed by atoms with Gasteiger partial charge in [0.05, 0.1) is 12.2 Å². The number of hydrogen-bond acceptors (Lipinski definition) is 5. The van der Waals surface area contributed by atoms with Gasteiger partial charge >= 0.3 is 11.9 Å². The van der Waals surface area contributed by atoms with Crippen molar-refractivity contribution < 1.29 is 23.9 Å². The third kappa shape index (κ3) is 8.27. The van der Waals surface area contributed by atoms with Gasteiger partial charge in [0.25, 0.3) is 0 Å². The van der Waals surface area contributed by atoms with Gasteiger partial charge in [-0.3, -0.25) is 4.79 Å². The summed E-state index contributed by atoms with van der Waals surface area (Å²) in [5.74, 6) is -1.16. The molecule has 0 fully saturated rings. The van der Waals surface area contributed by atoms with E-state index in [1.807, 2.05) is 0 Å². The number of para-hydroxylation sites is 1. The van der Waals surface area contributed by atoms with Gasteiger partial charge in [-0.05, 0) is 18.6 Å². The van der Waals surface area contributed by atoms with Gasteiger partial charge in [0.15, 0.2) is 6.29 Å². The molecule has 0 saturated heterocycles. The standard InChI is InChI=1S/C19H24O5/c1-2-3-4-5-6-9-14-23-18(21)12-13-19(22)24-17-11-8-7-10-16(17)15-20/h7-8,10-13,15H,2-6,9,14H2,1H3/b13-12+. The topological polar surface area (TPSA) is 69.7 Å². The van der Waals surface area contributed by atoms with Crippen LogP contribution in [0.1, 0.15) is 55.8 Å². The fraction of sp³-hybridized carbons (Fsp3) is 0.421. The van der Waals surface area contributed by atoms with E-state index in [9.17, 15) is 14.4 Å². The highest BCUT2D eigenvalue weighted by molar-refractivity contribution is 5.93. The molecule has 0 aliphatic heterocycles. The lowest BCUT2D eigenvalue weighted by Gasteiger charge is -2.04. The van der Waals surface area contributed by atoms with Crippen molar-refractivity contribution in [2.24, 2.45) is 0 Å². The zero-order valence-electron chi connectivity index (χ0n) is 14.0. The summed E-state index contributed by atoms with van der Waals surface area (Å²) < 4.78 is 10.0. The lowest BCUT2D eigenvalue weighted by molar-refractivity contribution is -0.138. The Morgan fingerprint density at radius 3 is 2.38 bits per heavy atom. The Kier molecular flexibility index (Phi) is 9.85. The number of esters is 2. The van der Waals surface area contributed by atoms with Gasteiger partial charge in [0.1, 0.15) is 5.75 Å². The number of carbonyl (C=O) groups is 3. The van der Waals surface area contributed by atoms with Crippen LogP contribution in [0, 0.1) is 0 Å². The van der Waals surface area contributed by atoms with Gasteiger partial charge in [-0.15, -0.1) is 0 Å². The van der Waals surface area contributed by atoms with Crippen LogP contribution in [-0.4, -0.2) is 24.8 Å². The number of unbranched alkanes of at least 4 members (excludes halogenated alkanes) is 5. The van der Waals surface area contributed by atoms with Gasteiger partial charge < -0.3 is 9.47 Å². The number of aldehydes is 1. The smallest absolute Gasteiger partial charge is 0.336 e. The van der Waals surface area contributed by atoms with Crippen LogP contribution in [0.2, 0.25) is 0 Å². The molecule has 24 heavy (non-hydrogen) atoms. The van der Waals surface area contributed by atoms with E-state index >= 15 is 0 Å². The highest BCUT2D eigenvalue weighted by atomic mass is 16.5. The normalized spacial score (nSPS) is 10.5. The van der Waals surface area contributed by atoms with Crippen molar-refractivity contribution in [2.75, 3.05) is 6.61 Å². The van der Waals surface area contributed by atoms with Crippen LogP contribution in [0.15, 0.2) is 36.4 Å². The molecule has 0 radical (unpaired) electrons. The van der Waals surface area contributed by atoms with Gasteiger partial charge in [0.2, 0.25) is 0 Å². The molecule has 0 aliphatic carbocycles. The molecule has 5 nitrogen and oxygen atoms in total. The predicted molar refractivity (Wildman–Crippen MR) is 90.9 cm³/mol. The Morgan fingerprint density at radius 1 is 0.958 bits per heavy atom. The van der Waals surface area contributed by atoms with Crippen LogP contribution in [-0.2, 0) is 14.3 Å².